The number of hydrogen-bond donors (Lipinski definition) is 1. The molecular formula is C21H19NO4S2. The normalized spacial score (nSPS) is 11.6. The number of benzene rings is 2. The Bertz CT molecular complexity index is 1050. The maximum atomic E-state index is 11.6. The highest BCUT2D eigenvalue weighted by Crippen LogP contribution is 2.34. The molecule has 7 heteroatoms. The smallest absolute Gasteiger partial charge is 0.339 e. The number of rotatable bonds is 6. The van der Waals surface area contributed by atoms with Crippen LogP contribution < -0.4 is 0 Å². The van der Waals surface area contributed by atoms with Crippen LogP contribution in [0.25, 0.3) is 15.8 Å². The van der Waals surface area contributed by atoms with E-state index < -0.39 is 11.9 Å². The van der Waals surface area contributed by atoms with Gasteiger partial charge in [-0.05, 0) is 48.2 Å². The summed E-state index contributed by atoms with van der Waals surface area (Å²) < 4.78 is 6.87. The minimum Gasteiger partial charge on any atom is -0.478 e. The molecule has 0 saturated heterocycles. The molecule has 0 bridgehead atoms. The molecule has 1 N–H and O–H groups in total. The highest BCUT2D eigenvalue weighted by molar-refractivity contribution is 8.00. The molecule has 0 atom stereocenters. The van der Waals surface area contributed by atoms with Gasteiger partial charge in [0.2, 0.25) is 0 Å². The number of hydrogen-bond acceptors (Lipinski definition) is 6. The molecule has 0 fully saturated rings. The second-order valence-electron chi connectivity index (χ2n) is 6.28. The first-order chi connectivity index (χ1) is 13.3. The lowest BCUT2D eigenvalue weighted by atomic mass is 10.0. The van der Waals surface area contributed by atoms with E-state index in [1.165, 1.54) is 18.1 Å². The lowest BCUT2D eigenvalue weighted by molar-refractivity contribution is -0.135. The van der Waals surface area contributed by atoms with E-state index >= 15 is 0 Å². The van der Waals surface area contributed by atoms with Gasteiger partial charge in [0.25, 0.3) is 0 Å². The van der Waals surface area contributed by atoms with Crippen molar-refractivity contribution in [1.82, 2.24) is 4.98 Å². The topological polar surface area (TPSA) is 76.5 Å². The molecule has 0 unspecified atom stereocenters. The van der Waals surface area contributed by atoms with Crippen LogP contribution >= 0.6 is 23.1 Å². The number of nitrogens with zero attached hydrogens (tertiary/aromatic N) is 1. The molecule has 0 spiro atoms. The average molecular weight is 414 g/mol. The van der Waals surface area contributed by atoms with Crippen LogP contribution in [0, 0.1) is 13.8 Å². The van der Waals surface area contributed by atoms with Crippen molar-refractivity contribution in [3.63, 3.8) is 0 Å². The summed E-state index contributed by atoms with van der Waals surface area (Å²) in [6.07, 6.45) is 0.997. The SMILES string of the molecule is CC(=O)OC=C(C(=O)O)c1ccccc1CSc1nc2cc(C)c(C)cc2s1. The van der Waals surface area contributed by atoms with E-state index in [1.54, 1.807) is 35.2 Å². The summed E-state index contributed by atoms with van der Waals surface area (Å²) in [7, 11) is 0. The number of ether oxygens (including phenoxy) is 1. The third-order valence-electron chi connectivity index (χ3n) is 4.22. The summed E-state index contributed by atoms with van der Waals surface area (Å²) in [5.74, 6) is -1.16. The largest absolute Gasteiger partial charge is 0.478 e. The maximum absolute atomic E-state index is 11.6. The number of aryl methyl sites for hydroxylation is 2. The standard InChI is InChI=1S/C21H19NO4S2/c1-12-8-18-19(9-13(12)2)28-21(22-18)27-11-15-6-4-5-7-16(15)17(20(24)25)10-26-14(3)23/h4-10H,11H2,1-3H3,(H,24,25). The molecule has 3 rings (SSSR count). The number of carbonyl (C=O) groups excluding carboxylic acids is 1. The van der Waals surface area contributed by atoms with Crippen molar-refractivity contribution < 1.29 is 19.4 Å². The van der Waals surface area contributed by atoms with Crippen molar-refractivity contribution in [3.8, 4) is 0 Å². The number of carbonyl (C=O) groups is 2. The van der Waals surface area contributed by atoms with Crippen LogP contribution in [0.4, 0.5) is 0 Å². The zero-order chi connectivity index (χ0) is 20.3. The number of aliphatic carboxylic acids is 1. The fourth-order valence-corrected chi connectivity index (χ4v) is 4.79. The molecule has 144 valence electrons. The first-order valence-electron chi connectivity index (χ1n) is 8.54. The molecule has 28 heavy (non-hydrogen) atoms. The van der Waals surface area contributed by atoms with E-state index in [0.29, 0.717) is 11.3 Å². The van der Waals surface area contributed by atoms with E-state index in [2.05, 4.69) is 31.0 Å². The number of thiazole rings is 1. The van der Waals surface area contributed by atoms with Crippen LogP contribution in [0.15, 0.2) is 47.0 Å². The van der Waals surface area contributed by atoms with Crippen LogP contribution in [0.1, 0.15) is 29.2 Å². The molecule has 3 aromatic rings. The number of carboxylic acids is 1. The number of fused-ring (bicyclic) bond motifs is 1. The quantitative estimate of drug-likeness (QED) is 0.259. The van der Waals surface area contributed by atoms with Crippen LogP contribution in [0.2, 0.25) is 0 Å². The first kappa shape index (κ1) is 20.1. The predicted molar refractivity (Wildman–Crippen MR) is 112 cm³/mol. The molecule has 5 nitrogen and oxygen atoms in total. The van der Waals surface area contributed by atoms with E-state index in [0.717, 1.165) is 26.4 Å². The van der Waals surface area contributed by atoms with Crippen molar-refractivity contribution in [1.29, 1.82) is 0 Å². The monoisotopic (exact) mass is 413 g/mol. The fourth-order valence-electron chi connectivity index (χ4n) is 2.64. The van der Waals surface area contributed by atoms with Crippen molar-refractivity contribution in [2.75, 3.05) is 0 Å². The Labute approximate surface area is 171 Å². The second-order valence-corrected chi connectivity index (χ2v) is 8.53. The maximum Gasteiger partial charge on any atom is 0.339 e. The number of thioether (sulfide) groups is 1. The van der Waals surface area contributed by atoms with Gasteiger partial charge in [0, 0.05) is 12.7 Å². The highest BCUT2D eigenvalue weighted by Gasteiger charge is 2.16. The molecule has 0 saturated carbocycles. The van der Waals surface area contributed by atoms with Crippen LogP contribution in [-0.4, -0.2) is 22.0 Å². The summed E-state index contributed by atoms with van der Waals surface area (Å²) >= 11 is 3.18. The minimum atomic E-state index is -1.15. The Kier molecular flexibility index (Phi) is 6.16. The summed E-state index contributed by atoms with van der Waals surface area (Å²) in [5, 5.41) is 9.52. The van der Waals surface area contributed by atoms with Crippen LogP contribution in [0.5, 0.6) is 0 Å². The van der Waals surface area contributed by atoms with Gasteiger partial charge in [0.15, 0.2) is 4.34 Å². The summed E-state index contributed by atoms with van der Waals surface area (Å²) in [6.45, 7) is 5.38. The van der Waals surface area contributed by atoms with Crippen molar-refractivity contribution in [3.05, 3.63) is 64.9 Å². The Morgan fingerprint density at radius 3 is 2.64 bits per heavy atom. The Morgan fingerprint density at radius 2 is 1.93 bits per heavy atom. The van der Waals surface area contributed by atoms with Gasteiger partial charge in [-0.3, -0.25) is 4.79 Å². The highest BCUT2D eigenvalue weighted by atomic mass is 32.2. The number of aromatic nitrogens is 1. The Morgan fingerprint density at radius 1 is 1.21 bits per heavy atom. The lowest BCUT2D eigenvalue weighted by Gasteiger charge is -2.09. The van der Waals surface area contributed by atoms with Gasteiger partial charge in [-0.1, -0.05) is 36.0 Å². The molecule has 1 aromatic heterocycles. The van der Waals surface area contributed by atoms with Gasteiger partial charge < -0.3 is 9.84 Å². The van der Waals surface area contributed by atoms with Crippen LogP contribution in [-0.2, 0) is 20.1 Å². The summed E-state index contributed by atoms with van der Waals surface area (Å²) in [6, 6.07) is 11.4. The van der Waals surface area contributed by atoms with E-state index in [-0.39, 0.29) is 5.57 Å². The van der Waals surface area contributed by atoms with Gasteiger partial charge in [-0.25, -0.2) is 9.78 Å². The Hall–Kier alpha value is -2.64. The van der Waals surface area contributed by atoms with Crippen molar-refractivity contribution in [2.45, 2.75) is 30.9 Å². The average Bonchev–Trinajstić information content (AvgIpc) is 3.02. The number of carboxylic acid groups (broad SMARTS) is 1. The molecule has 0 radical (unpaired) electrons. The zero-order valence-electron chi connectivity index (χ0n) is 15.7. The second kappa shape index (κ2) is 8.58. The van der Waals surface area contributed by atoms with E-state index in [1.807, 2.05) is 12.1 Å². The minimum absolute atomic E-state index is 0.0538. The van der Waals surface area contributed by atoms with Crippen molar-refractivity contribution in [2.24, 2.45) is 0 Å². The molecule has 0 aliphatic heterocycles. The molecule has 1 heterocycles. The van der Waals surface area contributed by atoms with Gasteiger partial charge in [0.1, 0.15) is 11.8 Å². The third-order valence-corrected chi connectivity index (χ3v) is 6.43. The zero-order valence-corrected chi connectivity index (χ0v) is 17.3. The van der Waals surface area contributed by atoms with E-state index in [4.69, 9.17) is 4.74 Å². The number of esters is 1. The van der Waals surface area contributed by atoms with Gasteiger partial charge in [0.05, 0.1) is 10.2 Å². The van der Waals surface area contributed by atoms with E-state index in [9.17, 15) is 14.7 Å². The fraction of sp³-hybridized carbons (Fsp3) is 0.190. The summed E-state index contributed by atoms with van der Waals surface area (Å²) in [4.78, 5) is 27.4. The molecule has 2 aromatic carbocycles. The van der Waals surface area contributed by atoms with Gasteiger partial charge >= 0.3 is 11.9 Å². The van der Waals surface area contributed by atoms with Crippen LogP contribution in [0.3, 0.4) is 0 Å². The lowest BCUT2D eigenvalue weighted by Crippen LogP contribution is -2.04. The molecule has 0 aliphatic carbocycles. The van der Waals surface area contributed by atoms with Crippen molar-refractivity contribution >= 4 is 50.8 Å². The first-order valence-corrected chi connectivity index (χ1v) is 10.3. The van der Waals surface area contributed by atoms with Gasteiger partial charge in [-0.15, -0.1) is 11.3 Å². The molecular weight excluding hydrogens is 394 g/mol. The van der Waals surface area contributed by atoms with Gasteiger partial charge in [-0.2, -0.15) is 0 Å². The summed E-state index contributed by atoms with van der Waals surface area (Å²) in [5.41, 5.74) is 4.73. The molecule has 0 aliphatic rings. The predicted octanol–water partition coefficient (Wildman–Crippen LogP) is 5.19. The Balaban J connectivity index is 1.86. The third kappa shape index (κ3) is 4.61. The molecule has 0 amide bonds.